The number of fused-ring (bicyclic) bond motifs is 4. The molecule has 2 aromatic rings. The molecule has 1 fully saturated rings. The zero-order valence-corrected chi connectivity index (χ0v) is 19.5. The van der Waals surface area contributed by atoms with Gasteiger partial charge in [0, 0.05) is 25.2 Å². The largest absolute Gasteiger partial charge is 0.490 e. The molecular weight excluding hydrogens is 416 g/mol. The molecule has 3 heterocycles. The van der Waals surface area contributed by atoms with Crippen molar-refractivity contribution in [3.8, 4) is 11.5 Å². The Morgan fingerprint density at radius 1 is 0.939 bits per heavy atom. The molecule has 0 aromatic heterocycles. The number of amides is 2. The Kier molecular flexibility index (Phi) is 6.00. The fraction of sp³-hybridized carbons (Fsp3) is 0.481. The number of hydrogen-bond donors (Lipinski definition) is 0. The Morgan fingerprint density at radius 2 is 1.64 bits per heavy atom. The maximum atomic E-state index is 14.0. The molecule has 0 unspecified atom stereocenters. The first-order valence-corrected chi connectivity index (χ1v) is 12.2. The Balaban J connectivity index is 1.65. The van der Waals surface area contributed by atoms with Crippen molar-refractivity contribution in [2.75, 3.05) is 32.8 Å². The van der Waals surface area contributed by atoms with Crippen LogP contribution >= 0.6 is 0 Å². The van der Waals surface area contributed by atoms with E-state index < -0.39 is 5.92 Å². The third kappa shape index (κ3) is 3.75. The molecule has 0 saturated carbocycles. The van der Waals surface area contributed by atoms with E-state index in [4.69, 9.17) is 9.47 Å². The maximum absolute atomic E-state index is 14.0. The number of carbonyl (C=O) groups is 2. The third-order valence-electron chi connectivity index (χ3n) is 7.12. The summed E-state index contributed by atoms with van der Waals surface area (Å²) in [4.78, 5) is 31.4. The summed E-state index contributed by atoms with van der Waals surface area (Å²) < 4.78 is 11.8. The first-order valence-electron chi connectivity index (χ1n) is 12.2. The Hall–Kier alpha value is -3.02. The molecule has 0 aliphatic carbocycles. The average Bonchev–Trinajstić information content (AvgIpc) is 2.85. The quantitative estimate of drug-likeness (QED) is 0.683. The average molecular weight is 449 g/mol. The van der Waals surface area contributed by atoms with Crippen LogP contribution in [0.2, 0.25) is 0 Å². The van der Waals surface area contributed by atoms with Crippen molar-refractivity contribution in [3.05, 3.63) is 58.7 Å². The van der Waals surface area contributed by atoms with Crippen molar-refractivity contribution in [2.45, 2.75) is 51.5 Å². The van der Waals surface area contributed by atoms with Crippen molar-refractivity contribution in [1.29, 1.82) is 0 Å². The van der Waals surface area contributed by atoms with Crippen LogP contribution in [0.15, 0.2) is 36.4 Å². The fourth-order valence-corrected chi connectivity index (χ4v) is 5.65. The van der Waals surface area contributed by atoms with E-state index in [0.29, 0.717) is 31.1 Å². The predicted octanol–water partition coefficient (Wildman–Crippen LogP) is 4.33. The number of likely N-dealkylation sites (tertiary alicyclic amines) is 1. The predicted molar refractivity (Wildman–Crippen MR) is 126 cm³/mol. The zero-order valence-electron chi connectivity index (χ0n) is 19.5. The number of piperidine rings is 1. The van der Waals surface area contributed by atoms with Crippen molar-refractivity contribution in [3.63, 3.8) is 0 Å². The molecule has 2 atom stereocenters. The number of ether oxygens (including phenoxy) is 2. The lowest BCUT2D eigenvalue weighted by atomic mass is 9.75. The highest BCUT2D eigenvalue weighted by atomic mass is 16.5. The second-order valence-corrected chi connectivity index (χ2v) is 9.01. The van der Waals surface area contributed by atoms with Crippen LogP contribution in [-0.4, -0.2) is 54.5 Å². The van der Waals surface area contributed by atoms with Gasteiger partial charge < -0.3 is 19.3 Å². The molecule has 33 heavy (non-hydrogen) atoms. The van der Waals surface area contributed by atoms with Gasteiger partial charge in [-0.25, -0.2) is 0 Å². The van der Waals surface area contributed by atoms with Gasteiger partial charge in [-0.2, -0.15) is 0 Å². The molecule has 3 aliphatic heterocycles. The van der Waals surface area contributed by atoms with Crippen molar-refractivity contribution >= 4 is 11.8 Å². The topological polar surface area (TPSA) is 59.1 Å². The monoisotopic (exact) mass is 448 g/mol. The van der Waals surface area contributed by atoms with Crippen molar-refractivity contribution in [1.82, 2.24) is 9.80 Å². The van der Waals surface area contributed by atoms with Crippen LogP contribution in [0, 0.1) is 0 Å². The number of benzene rings is 2. The summed E-state index contributed by atoms with van der Waals surface area (Å²) in [5.74, 6) is 1.13. The summed E-state index contributed by atoms with van der Waals surface area (Å²) in [6, 6.07) is 11.4. The van der Waals surface area contributed by atoms with E-state index in [1.54, 1.807) is 0 Å². The van der Waals surface area contributed by atoms with Crippen LogP contribution in [-0.2, 0) is 11.2 Å². The van der Waals surface area contributed by atoms with Crippen LogP contribution in [0.5, 0.6) is 11.5 Å². The highest BCUT2D eigenvalue weighted by Crippen LogP contribution is 2.49. The summed E-state index contributed by atoms with van der Waals surface area (Å²) in [5, 5.41) is 0. The van der Waals surface area contributed by atoms with Crippen molar-refractivity contribution in [2.24, 2.45) is 0 Å². The first-order chi connectivity index (χ1) is 16.1. The second kappa shape index (κ2) is 9.08. The first kappa shape index (κ1) is 21.8. The smallest absolute Gasteiger partial charge is 0.254 e. The normalized spacial score (nSPS) is 21.7. The van der Waals surface area contributed by atoms with E-state index in [2.05, 4.69) is 6.07 Å². The lowest BCUT2D eigenvalue weighted by Gasteiger charge is -2.46. The molecule has 0 N–H and O–H groups in total. The lowest BCUT2D eigenvalue weighted by molar-refractivity contribution is -0.135. The Morgan fingerprint density at radius 3 is 2.36 bits per heavy atom. The van der Waals surface area contributed by atoms with E-state index in [-0.39, 0.29) is 17.9 Å². The van der Waals surface area contributed by atoms with E-state index in [0.717, 1.165) is 54.8 Å². The fourth-order valence-electron chi connectivity index (χ4n) is 5.65. The van der Waals surface area contributed by atoms with Gasteiger partial charge in [-0.1, -0.05) is 18.2 Å². The molecule has 1 saturated heterocycles. The molecule has 5 rings (SSSR count). The van der Waals surface area contributed by atoms with Gasteiger partial charge in [0.05, 0.1) is 25.2 Å². The molecule has 0 bridgehead atoms. The highest BCUT2D eigenvalue weighted by Gasteiger charge is 2.47. The Bertz CT molecular complexity index is 1060. The molecule has 0 radical (unpaired) electrons. The van der Waals surface area contributed by atoms with Crippen molar-refractivity contribution < 1.29 is 19.1 Å². The second-order valence-electron chi connectivity index (χ2n) is 9.01. The summed E-state index contributed by atoms with van der Waals surface area (Å²) in [7, 11) is 0. The number of nitrogens with zero attached hydrogens (tertiary/aromatic N) is 2. The minimum absolute atomic E-state index is 0.00999. The molecule has 0 spiro atoms. The van der Waals surface area contributed by atoms with Crippen LogP contribution in [0.25, 0.3) is 0 Å². The van der Waals surface area contributed by atoms with Crippen LogP contribution < -0.4 is 9.47 Å². The van der Waals surface area contributed by atoms with E-state index in [1.807, 2.05) is 54.0 Å². The maximum Gasteiger partial charge on any atom is 0.254 e. The molecular formula is C27H32N2O4. The summed E-state index contributed by atoms with van der Waals surface area (Å²) in [5.41, 5.74) is 3.64. The number of hydrogen-bond acceptors (Lipinski definition) is 4. The van der Waals surface area contributed by atoms with E-state index >= 15 is 0 Å². The molecule has 6 nitrogen and oxygen atoms in total. The van der Waals surface area contributed by atoms with Gasteiger partial charge in [0.25, 0.3) is 5.91 Å². The molecule has 2 aromatic carbocycles. The number of carbonyl (C=O) groups excluding carboxylic acids is 2. The van der Waals surface area contributed by atoms with Gasteiger partial charge in [0.15, 0.2) is 11.5 Å². The summed E-state index contributed by atoms with van der Waals surface area (Å²) >= 11 is 0. The zero-order chi connectivity index (χ0) is 22.9. The summed E-state index contributed by atoms with van der Waals surface area (Å²) in [6.45, 7) is 7.15. The molecule has 2 amide bonds. The van der Waals surface area contributed by atoms with Crippen LogP contribution in [0.4, 0.5) is 0 Å². The molecule has 6 heteroatoms. The van der Waals surface area contributed by atoms with Gasteiger partial charge in [-0.15, -0.1) is 0 Å². The highest BCUT2D eigenvalue weighted by molar-refractivity contribution is 6.01. The SMILES string of the molecule is CCOc1cc2c(cc1OCC)[C@H]1[C@@H](C(=O)N3CCCCC3)c3ccccc3C(=O)N1CC2. The van der Waals surface area contributed by atoms with Gasteiger partial charge in [-0.05, 0) is 74.4 Å². The van der Waals surface area contributed by atoms with E-state index in [1.165, 1.54) is 6.42 Å². The summed E-state index contributed by atoms with van der Waals surface area (Å²) in [6.07, 6.45) is 3.98. The standard InChI is InChI=1S/C27H32N2O4/c1-3-32-22-16-18-12-15-29-25(21(18)17-23(22)33-4-2)24(27(31)28-13-8-5-9-14-28)19-10-6-7-11-20(19)26(29)30/h6-7,10-11,16-17,24-25H,3-5,8-9,12-15H2,1-2H3/t24-,25-/m0/s1. The third-order valence-corrected chi connectivity index (χ3v) is 7.12. The van der Waals surface area contributed by atoms with Gasteiger partial charge >= 0.3 is 0 Å². The van der Waals surface area contributed by atoms with Gasteiger partial charge in [0.2, 0.25) is 5.91 Å². The van der Waals surface area contributed by atoms with Crippen LogP contribution in [0.3, 0.4) is 0 Å². The number of rotatable bonds is 5. The van der Waals surface area contributed by atoms with Crippen LogP contribution in [0.1, 0.15) is 72.1 Å². The molecule has 174 valence electrons. The van der Waals surface area contributed by atoms with E-state index in [9.17, 15) is 9.59 Å². The minimum Gasteiger partial charge on any atom is -0.490 e. The minimum atomic E-state index is -0.413. The lowest BCUT2D eigenvalue weighted by Crippen LogP contribution is -2.51. The molecule has 3 aliphatic rings. The Labute approximate surface area is 195 Å². The van der Waals surface area contributed by atoms with Gasteiger partial charge in [-0.3, -0.25) is 9.59 Å². The van der Waals surface area contributed by atoms with Gasteiger partial charge in [0.1, 0.15) is 0 Å².